The topological polar surface area (TPSA) is 166 Å². The third kappa shape index (κ3) is 10.1. The molecule has 1 aromatic heterocycles. The van der Waals surface area contributed by atoms with Crippen molar-refractivity contribution >= 4 is 35.1 Å². The normalized spacial score (nSPS) is 11.7. The van der Waals surface area contributed by atoms with Crippen molar-refractivity contribution in [1.82, 2.24) is 20.2 Å². The number of amides is 1. The number of halogens is 1. The SMILES string of the molecule is COc1ccc(CCCN(CCCc2ccc(OC)cc2)C[C@H](CC(=O)O)NC(=O)c2nc(Cl)c(N)nc2N)cc1. The summed E-state index contributed by atoms with van der Waals surface area (Å²) in [6.45, 7) is 1.73. The summed E-state index contributed by atoms with van der Waals surface area (Å²) in [6.07, 6.45) is 3.08. The Kier molecular flexibility index (Phi) is 12.0. The third-order valence-electron chi connectivity index (χ3n) is 6.55. The number of benzene rings is 2. The minimum Gasteiger partial charge on any atom is -0.497 e. The number of ether oxygens (including phenoxy) is 2. The second-order valence-electron chi connectivity index (χ2n) is 9.61. The number of aliphatic carboxylic acids is 1. The third-order valence-corrected chi connectivity index (χ3v) is 6.83. The van der Waals surface area contributed by atoms with Gasteiger partial charge in [-0.15, -0.1) is 0 Å². The molecular formula is C29H37ClN6O5. The van der Waals surface area contributed by atoms with E-state index in [2.05, 4.69) is 20.2 Å². The number of nitrogen functional groups attached to an aromatic ring is 2. The molecule has 1 heterocycles. The van der Waals surface area contributed by atoms with Crippen LogP contribution < -0.4 is 26.3 Å². The van der Waals surface area contributed by atoms with Crippen LogP contribution in [0.5, 0.6) is 11.5 Å². The molecular weight excluding hydrogens is 548 g/mol. The van der Waals surface area contributed by atoms with Crippen molar-refractivity contribution in [3.8, 4) is 11.5 Å². The number of hydrogen-bond donors (Lipinski definition) is 4. The molecule has 0 radical (unpaired) electrons. The predicted molar refractivity (Wildman–Crippen MR) is 158 cm³/mol. The van der Waals surface area contributed by atoms with Crippen LogP contribution in [-0.2, 0) is 17.6 Å². The number of nitrogens with one attached hydrogen (secondary N) is 1. The van der Waals surface area contributed by atoms with E-state index in [4.69, 9.17) is 32.5 Å². The number of carboxylic acids is 1. The van der Waals surface area contributed by atoms with E-state index in [-0.39, 0.29) is 28.9 Å². The largest absolute Gasteiger partial charge is 0.497 e. The highest BCUT2D eigenvalue weighted by Crippen LogP contribution is 2.18. The molecule has 1 amide bonds. The smallest absolute Gasteiger partial charge is 0.305 e. The summed E-state index contributed by atoms with van der Waals surface area (Å²) >= 11 is 5.93. The monoisotopic (exact) mass is 584 g/mol. The zero-order valence-electron chi connectivity index (χ0n) is 23.3. The van der Waals surface area contributed by atoms with E-state index in [1.807, 2.05) is 48.5 Å². The molecule has 3 aromatic rings. The van der Waals surface area contributed by atoms with E-state index in [9.17, 15) is 14.7 Å². The van der Waals surface area contributed by atoms with E-state index in [0.29, 0.717) is 19.6 Å². The molecule has 11 nitrogen and oxygen atoms in total. The second kappa shape index (κ2) is 15.6. The molecule has 0 spiro atoms. The van der Waals surface area contributed by atoms with Gasteiger partial charge in [0.2, 0.25) is 0 Å². The minimum atomic E-state index is -1.04. The van der Waals surface area contributed by atoms with Crippen LogP contribution in [0.4, 0.5) is 11.6 Å². The molecule has 0 aliphatic carbocycles. The van der Waals surface area contributed by atoms with Crippen LogP contribution >= 0.6 is 11.6 Å². The zero-order valence-corrected chi connectivity index (χ0v) is 24.1. The zero-order chi connectivity index (χ0) is 29.8. The van der Waals surface area contributed by atoms with Gasteiger partial charge in [0.25, 0.3) is 5.91 Å². The Labute approximate surface area is 244 Å². The summed E-state index contributed by atoms with van der Waals surface area (Å²) in [5.41, 5.74) is 13.6. The molecule has 0 saturated heterocycles. The highest BCUT2D eigenvalue weighted by molar-refractivity contribution is 6.31. The molecule has 3 rings (SSSR count). The lowest BCUT2D eigenvalue weighted by molar-refractivity contribution is -0.137. The summed E-state index contributed by atoms with van der Waals surface area (Å²) < 4.78 is 10.5. The summed E-state index contributed by atoms with van der Waals surface area (Å²) in [5, 5.41) is 12.2. The fourth-order valence-corrected chi connectivity index (χ4v) is 4.57. The lowest BCUT2D eigenvalue weighted by Crippen LogP contribution is -2.46. The highest BCUT2D eigenvalue weighted by atomic mass is 35.5. The van der Waals surface area contributed by atoms with Crippen LogP contribution in [0, 0.1) is 0 Å². The number of anilines is 2. The molecule has 12 heteroatoms. The Balaban J connectivity index is 1.69. The number of carbonyl (C=O) groups excluding carboxylic acids is 1. The van der Waals surface area contributed by atoms with Crippen LogP contribution in [-0.4, -0.2) is 71.7 Å². The van der Waals surface area contributed by atoms with Gasteiger partial charge in [0.05, 0.1) is 26.7 Å². The quantitative estimate of drug-likeness (QED) is 0.196. The van der Waals surface area contributed by atoms with E-state index >= 15 is 0 Å². The van der Waals surface area contributed by atoms with Crippen molar-refractivity contribution in [3.05, 3.63) is 70.5 Å². The molecule has 2 aromatic carbocycles. The molecule has 41 heavy (non-hydrogen) atoms. The van der Waals surface area contributed by atoms with E-state index in [1.165, 1.54) is 11.1 Å². The lowest BCUT2D eigenvalue weighted by Gasteiger charge is -2.28. The van der Waals surface area contributed by atoms with Crippen LogP contribution in [0.15, 0.2) is 48.5 Å². The van der Waals surface area contributed by atoms with E-state index in [0.717, 1.165) is 37.2 Å². The average Bonchev–Trinajstić information content (AvgIpc) is 2.95. The van der Waals surface area contributed by atoms with Crippen molar-refractivity contribution in [2.45, 2.75) is 38.1 Å². The number of aryl methyl sites for hydroxylation is 2. The number of nitrogens with two attached hydrogens (primary N) is 2. The Morgan fingerprint density at radius 3 is 1.88 bits per heavy atom. The van der Waals surface area contributed by atoms with Gasteiger partial charge in [-0.05, 0) is 74.2 Å². The number of aromatic nitrogens is 2. The first-order valence-electron chi connectivity index (χ1n) is 13.3. The highest BCUT2D eigenvalue weighted by Gasteiger charge is 2.23. The van der Waals surface area contributed by atoms with Crippen molar-refractivity contribution in [2.24, 2.45) is 0 Å². The summed E-state index contributed by atoms with van der Waals surface area (Å²) in [4.78, 5) is 34.6. The summed E-state index contributed by atoms with van der Waals surface area (Å²) in [6, 6.07) is 15.1. The van der Waals surface area contributed by atoms with Gasteiger partial charge in [0.1, 0.15) is 11.5 Å². The first kappa shape index (κ1) is 31.4. The number of nitrogens with zero attached hydrogens (tertiary/aromatic N) is 3. The standard InChI is InChI=1S/C29H37ClN6O5/c1-40-22-11-7-19(8-12-22)5-3-15-36(16-4-6-20-9-13-23(41-2)14-10-20)18-21(17-24(37)38)33-29(39)25-27(31)35-28(32)26(30)34-25/h7-14,21H,3-6,15-18H2,1-2H3,(H,33,39)(H,37,38)(H4,31,32,35)/t21-/m0/s1. The lowest BCUT2D eigenvalue weighted by atomic mass is 10.1. The van der Waals surface area contributed by atoms with Crippen molar-refractivity contribution in [1.29, 1.82) is 0 Å². The second-order valence-corrected chi connectivity index (χ2v) is 9.96. The molecule has 220 valence electrons. The van der Waals surface area contributed by atoms with E-state index in [1.54, 1.807) is 14.2 Å². The molecule has 6 N–H and O–H groups in total. The van der Waals surface area contributed by atoms with Crippen LogP contribution in [0.25, 0.3) is 0 Å². The predicted octanol–water partition coefficient (Wildman–Crippen LogP) is 3.45. The van der Waals surface area contributed by atoms with Gasteiger partial charge in [0.15, 0.2) is 22.5 Å². The Morgan fingerprint density at radius 2 is 1.41 bits per heavy atom. The van der Waals surface area contributed by atoms with Gasteiger partial charge in [0, 0.05) is 6.54 Å². The van der Waals surface area contributed by atoms with Crippen LogP contribution in [0.2, 0.25) is 5.15 Å². The van der Waals surface area contributed by atoms with Gasteiger partial charge < -0.3 is 36.3 Å². The maximum absolute atomic E-state index is 13.0. The minimum absolute atomic E-state index is 0.0947. The number of methoxy groups -OCH3 is 2. The molecule has 0 aliphatic heterocycles. The number of carboxylic acid groups (broad SMARTS) is 1. The first-order chi connectivity index (χ1) is 19.7. The van der Waals surface area contributed by atoms with Crippen molar-refractivity contribution in [3.63, 3.8) is 0 Å². The number of hydrogen-bond acceptors (Lipinski definition) is 9. The molecule has 1 atom stereocenters. The first-order valence-corrected chi connectivity index (χ1v) is 13.7. The molecule has 0 bridgehead atoms. The fraction of sp³-hybridized carbons (Fsp3) is 0.379. The molecule has 0 saturated carbocycles. The van der Waals surface area contributed by atoms with Crippen LogP contribution in [0.1, 0.15) is 40.9 Å². The van der Waals surface area contributed by atoms with E-state index < -0.39 is 17.9 Å². The van der Waals surface area contributed by atoms with Crippen molar-refractivity contribution in [2.75, 3.05) is 45.3 Å². The number of rotatable bonds is 16. The maximum Gasteiger partial charge on any atom is 0.305 e. The van der Waals surface area contributed by atoms with Gasteiger partial charge in [-0.3, -0.25) is 9.59 Å². The van der Waals surface area contributed by atoms with Gasteiger partial charge >= 0.3 is 5.97 Å². The molecule has 0 fully saturated rings. The van der Waals surface area contributed by atoms with Crippen LogP contribution in [0.3, 0.4) is 0 Å². The maximum atomic E-state index is 13.0. The number of carbonyl (C=O) groups is 2. The van der Waals surface area contributed by atoms with Gasteiger partial charge in [-0.1, -0.05) is 35.9 Å². The molecule has 0 unspecified atom stereocenters. The average molecular weight is 585 g/mol. The Morgan fingerprint density at radius 1 is 0.902 bits per heavy atom. The molecule has 0 aliphatic rings. The van der Waals surface area contributed by atoms with Crippen molar-refractivity contribution < 1.29 is 24.2 Å². The fourth-order valence-electron chi connectivity index (χ4n) is 4.44. The van der Waals surface area contributed by atoms with Gasteiger partial charge in [-0.25, -0.2) is 9.97 Å². The summed E-state index contributed by atoms with van der Waals surface area (Å²) in [5.74, 6) is -0.388. The van der Waals surface area contributed by atoms with Gasteiger partial charge in [-0.2, -0.15) is 0 Å². The Bertz CT molecular complexity index is 1240. The summed E-state index contributed by atoms with van der Waals surface area (Å²) in [7, 11) is 3.27. The Hall–Kier alpha value is -4.09.